The highest BCUT2D eigenvalue weighted by Crippen LogP contribution is 2.16. The molecule has 0 spiro atoms. The molecule has 3 nitrogen and oxygen atoms in total. The van der Waals surface area contributed by atoms with Crippen LogP contribution in [0.15, 0.2) is 36.5 Å². The van der Waals surface area contributed by atoms with Crippen LogP contribution in [-0.2, 0) is 6.54 Å². The van der Waals surface area contributed by atoms with Crippen LogP contribution in [0.25, 0.3) is 10.9 Å². The third kappa shape index (κ3) is 2.30. The maximum atomic E-state index is 5.91. The summed E-state index contributed by atoms with van der Waals surface area (Å²) < 4.78 is 0. The van der Waals surface area contributed by atoms with Gasteiger partial charge < -0.3 is 5.73 Å². The van der Waals surface area contributed by atoms with E-state index in [-0.39, 0.29) is 0 Å². The van der Waals surface area contributed by atoms with E-state index in [1.54, 1.807) is 0 Å². The highest BCUT2D eigenvalue weighted by Gasteiger charge is 2.18. The van der Waals surface area contributed by atoms with Crippen molar-refractivity contribution in [1.29, 1.82) is 0 Å². The second-order valence-corrected chi connectivity index (χ2v) is 4.82. The Bertz CT molecular complexity index is 524. The molecule has 1 aliphatic rings. The van der Waals surface area contributed by atoms with E-state index in [4.69, 9.17) is 5.73 Å². The lowest BCUT2D eigenvalue weighted by Crippen LogP contribution is -2.26. The summed E-state index contributed by atoms with van der Waals surface area (Å²) in [4.78, 5) is 6.88. The number of pyridine rings is 1. The first-order valence-electron chi connectivity index (χ1n) is 6.13. The predicted octanol–water partition coefficient (Wildman–Crippen LogP) is 1.77. The number of benzene rings is 1. The minimum Gasteiger partial charge on any atom is -0.326 e. The van der Waals surface area contributed by atoms with Gasteiger partial charge in [0.1, 0.15) is 0 Å². The van der Waals surface area contributed by atoms with Crippen molar-refractivity contribution < 1.29 is 0 Å². The number of para-hydroxylation sites is 1. The summed E-state index contributed by atoms with van der Waals surface area (Å²) in [6.07, 6.45) is 3.09. The van der Waals surface area contributed by atoms with E-state index in [0.717, 1.165) is 31.6 Å². The number of likely N-dealkylation sites (tertiary alicyclic amines) is 1. The molecule has 17 heavy (non-hydrogen) atoms. The molecule has 1 atom stereocenters. The van der Waals surface area contributed by atoms with Crippen molar-refractivity contribution in [3.05, 3.63) is 42.1 Å². The standard InChI is InChI=1S/C14H17N3/c15-13-5-6-17(10-13)9-11-7-12-3-1-2-4-14(12)16-8-11/h1-4,7-8,13H,5-6,9-10,15H2/t13-/m0/s1. The van der Waals surface area contributed by atoms with Crippen molar-refractivity contribution in [3.8, 4) is 0 Å². The molecular formula is C14H17N3. The Morgan fingerprint density at radius 2 is 2.24 bits per heavy atom. The first-order chi connectivity index (χ1) is 8.31. The highest BCUT2D eigenvalue weighted by molar-refractivity contribution is 5.78. The molecule has 2 N–H and O–H groups in total. The van der Waals surface area contributed by atoms with Crippen molar-refractivity contribution in [2.24, 2.45) is 5.73 Å². The summed E-state index contributed by atoms with van der Waals surface area (Å²) in [5.74, 6) is 0. The van der Waals surface area contributed by atoms with Crippen LogP contribution >= 0.6 is 0 Å². The maximum Gasteiger partial charge on any atom is 0.0702 e. The number of hydrogen-bond acceptors (Lipinski definition) is 3. The summed E-state index contributed by atoms with van der Waals surface area (Å²) in [6.45, 7) is 3.08. The molecule has 1 saturated heterocycles. The summed E-state index contributed by atoms with van der Waals surface area (Å²) in [5, 5.41) is 1.22. The molecule has 3 rings (SSSR count). The Morgan fingerprint density at radius 3 is 3.06 bits per heavy atom. The van der Waals surface area contributed by atoms with Crippen molar-refractivity contribution in [3.63, 3.8) is 0 Å². The largest absolute Gasteiger partial charge is 0.326 e. The van der Waals surface area contributed by atoms with Crippen LogP contribution in [0.3, 0.4) is 0 Å². The summed E-state index contributed by atoms with van der Waals surface area (Å²) in [5.41, 5.74) is 8.25. The van der Waals surface area contributed by atoms with Crippen LogP contribution in [-0.4, -0.2) is 29.0 Å². The number of aromatic nitrogens is 1. The number of fused-ring (bicyclic) bond motifs is 1. The van der Waals surface area contributed by atoms with Gasteiger partial charge in [-0.05, 0) is 24.1 Å². The van der Waals surface area contributed by atoms with Gasteiger partial charge in [0, 0.05) is 37.3 Å². The van der Waals surface area contributed by atoms with Gasteiger partial charge in [-0.15, -0.1) is 0 Å². The molecule has 0 amide bonds. The van der Waals surface area contributed by atoms with E-state index in [1.807, 2.05) is 18.3 Å². The van der Waals surface area contributed by atoms with E-state index in [1.165, 1.54) is 10.9 Å². The zero-order valence-corrected chi connectivity index (χ0v) is 9.84. The molecular weight excluding hydrogens is 210 g/mol. The Balaban J connectivity index is 1.81. The van der Waals surface area contributed by atoms with E-state index in [2.05, 4.69) is 28.1 Å². The van der Waals surface area contributed by atoms with Gasteiger partial charge in [-0.25, -0.2) is 0 Å². The maximum absolute atomic E-state index is 5.91. The Hall–Kier alpha value is -1.45. The molecule has 0 unspecified atom stereocenters. The summed E-state index contributed by atoms with van der Waals surface area (Å²) in [6, 6.07) is 10.8. The average molecular weight is 227 g/mol. The van der Waals surface area contributed by atoms with Crippen molar-refractivity contribution >= 4 is 10.9 Å². The number of nitrogens with two attached hydrogens (primary N) is 1. The van der Waals surface area contributed by atoms with Crippen LogP contribution in [0, 0.1) is 0 Å². The van der Waals surface area contributed by atoms with Gasteiger partial charge in [-0.2, -0.15) is 0 Å². The normalized spacial score (nSPS) is 21.1. The zero-order valence-electron chi connectivity index (χ0n) is 9.84. The second kappa shape index (κ2) is 4.43. The molecule has 1 aromatic carbocycles. The van der Waals surface area contributed by atoms with E-state index in [9.17, 15) is 0 Å². The number of hydrogen-bond donors (Lipinski definition) is 1. The molecule has 0 radical (unpaired) electrons. The number of nitrogens with zero attached hydrogens (tertiary/aromatic N) is 2. The van der Waals surface area contributed by atoms with Gasteiger partial charge in [0.05, 0.1) is 5.52 Å². The number of rotatable bonds is 2. The minimum atomic E-state index is 0.350. The molecule has 0 bridgehead atoms. The van der Waals surface area contributed by atoms with Gasteiger partial charge in [0.25, 0.3) is 0 Å². The van der Waals surface area contributed by atoms with Gasteiger partial charge in [0.2, 0.25) is 0 Å². The average Bonchev–Trinajstić information content (AvgIpc) is 2.75. The fourth-order valence-electron chi connectivity index (χ4n) is 2.47. The topological polar surface area (TPSA) is 42.1 Å². The fourth-order valence-corrected chi connectivity index (χ4v) is 2.47. The minimum absolute atomic E-state index is 0.350. The molecule has 2 aromatic rings. The monoisotopic (exact) mass is 227 g/mol. The molecule has 0 aliphatic carbocycles. The molecule has 2 heterocycles. The molecule has 1 aromatic heterocycles. The zero-order chi connectivity index (χ0) is 11.7. The van der Waals surface area contributed by atoms with Crippen molar-refractivity contribution in [2.75, 3.05) is 13.1 Å². The quantitative estimate of drug-likeness (QED) is 0.850. The van der Waals surface area contributed by atoms with E-state index >= 15 is 0 Å². The van der Waals surface area contributed by atoms with Gasteiger partial charge in [-0.1, -0.05) is 18.2 Å². The third-order valence-corrected chi connectivity index (χ3v) is 3.36. The Kier molecular flexibility index (Phi) is 2.79. The van der Waals surface area contributed by atoms with Gasteiger partial charge in [-0.3, -0.25) is 9.88 Å². The first-order valence-corrected chi connectivity index (χ1v) is 6.13. The van der Waals surface area contributed by atoms with Gasteiger partial charge in [0.15, 0.2) is 0 Å². The van der Waals surface area contributed by atoms with Crippen molar-refractivity contribution in [2.45, 2.75) is 19.0 Å². The van der Waals surface area contributed by atoms with Crippen LogP contribution < -0.4 is 5.73 Å². The van der Waals surface area contributed by atoms with Crippen LogP contribution in [0.5, 0.6) is 0 Å². The lowest BCUT2D eigenvalue weighted by Gasteiger charge is -2.15. The van der Waals surface area contributed by atoms with Crippen LogP contribution in [0.1, 0.15) is 12.0 Å². The van der Waals surface area contributed by atoms with Crippen molar-refractivity contribution in [1.82, 2.24) is 9.88 Å². The van der Waals surface area contributed by atoms with E-state index < -0.39 is 0 Å². The first kappa shape index (κ1) is 10.7. The SMILES string of the molecule is N[C@H]1CCN(Cc2cnc3ccccc3c2)C1. The third-order valence-electron chi connectivity index (χ3n) is 3.36. The molecule has 1 aliphatic heterocycles. The molecule has 1 fully saturated rings. The fraction of sp³-hybridized carbons (Fsp3) is 0.357. The van der Waals surface area contributed by atoms with Gasteiger partial charge >= 0.3 is 0 Å². The second-order valence-electron chi connectivity index (χ2n) is 4.82. The summed E-state index contributed by atoms with van der Waals surface area (Å²) >= 11 is 0. The lowest BCUT2D eigenvalue weighted by atomic mass is 10.1. The van der Waals surface area contributed by atoms with E-state index in [0.29, 0.717) is 6.04 Å². The lowest BCUT2D eigenvalue weighted by molar-refractivity contribution is 0.326. The Labute approximate surface area is 101 Å². The highest BCUT2D eigenvalue weighted by atomic mass is 15.2. The Morgan fingerprint density at radius 1 is 1.35 bits per heavy atom. The van der Waals surface area contributed by atoms with Crippen LogP contribution in [0.2, 0.25) is 0 Å². The molecule has 88 valence electrons. The molecule has 0 saturated carbocycles. The smallest absolute Gasteiger partial charge is 0.0702 e. The van der Waals surface area contributed by atoms with Crippen LogP contribution in [0.4, 0.5) is 0 Å². The predicted molar refractivity (Wildman–Crippen MR) is 69.6 cm³/mol. The summed E-state index contributed by atoms with van der Waals surface area (Å²) in [7, 11) is 0. The molecule has 3 heteroatoms.